The van der Waals surface area contributed by atoms with Crippen molar-refractivity contribution in [2.45, 2.75) is 44.8 Å². The molecule has 2 N–H and O–H groups in total. The minimum absolute atomic E-state index is 0.0223. The van der Waals surface area contributed by atoms with Gasteiger partial charge in [0.15, 0.2) is 5.65 Å². The van der Waals surface area contributed by atoms with Gasteiger partial charge in [-0.3, -0.25) is 0 Å². The predicted molar refractivity (Wildman–Crippen MR) is 98.3 cm³/mol. The zero-order valence-electron chi connectivity index (χ0n) is 15.1. The summed E-state index contributed by atoms with van der Waals surface area (Å²) in [5, 5.41) is 10.9. The summed E-state index contributed by atoms with van der Waals surface area (Å²) >= 11 is 0. The third-order valence-electron chi connectivity index (χ3n) is 5.11. The van der Waals surface area contributed by atoms with Crippen molar-refractivity contribution in [1.82, 2.24) is 24.8 Å². The summed E-state index contributed by atoms with van der Waals surface area (Å²) in [5.74, 6) is 0.761. The Labute approximate surface area is 152 Å². The number of likely N-dealkylation sites (tertiary alicyclic amines) is 1. The van der Waals surface area contributed by atoms with Crippen LogP contribution in [0.2, 0.25) is 0 Å². The molecular formula is C18H26N6O2. The lowest BCUT2D eigenvalue weighted by Crippen LogP contribution is -2.48. The van der Waals surface area contributed by atoms with Gasteiger partial charge in [-0.1, -0.05) is 0 Å². The highest BCUT2D eigenvalue weighted by atomic mass is 16.5. The second-order valence-electron chi connectivity index (χ2n) is 7.08. The number of piperidine rings is 1. The highest BCUT2D eigenvalue weighted by Gasteiger charge is 2.24. The molecule has 2 amide bonds. The highest BCUT2D eigenvalue weighted by Crippen LogP contribution is 2.20. The van der Waals surface area contributed by atoms with Gasteiger partial charge in [0.05, 0.1) is 11.8 Å². The minimum atomic E-state index is 0.0223. The fraction of sp³-hybridized carbons (Fsp3) is 0.611. The van der Waals surface area contributed by atoms with Crippen molar-refractivity contribution in [3.05, 3.63) is 24.2 Å². The lowest BCUT2D eigenvalue weighted by Gasteiger charge is -2.33. The molecule has 0 aromatic carbocycles. The van der Waals surface area contributed by atoms with Crippen LogP contribution in [0.4, 0.5) is 10.5 Å². The van der Waals surface area contributed by atoms with Crippen LogP contribution in [0.25, 0.3) is 5.65 Å². The summed E-state index contributed by atoms with van der Waals surface area (Å²) in [6.07, 6.45) is 6.06. The zero-order chi connectivity index (χ0) is 17.9. The Bertz CT molecular complexity index is 762. The highest BCUT2D eigenvalue weighted by molar-refractivity contribution is 5.74. The van der Waals surface area contributed by atoms with E-state index in [-0.39, 0.29) is 12.1 Å². The molecule has 140 valence electrons. The molecule has 0 saturated carbocycles. The molecule has 2 saturated heterocycles. The monoisotopic (exact) mass is 358 g/mol. The van der Waals surface area contributed by atoms with Gasteiger partial charge in [0.1, 0.15) is 5.82 Å². The molecule has 26 heavy (non-hydrogen) atoms. The standard InChI is InChI=1S/C18H26N6O2/c1-13-20-17-16(5-2-8-24(17)22-13)21-14-6-9-23(10-7-14)18(25)19-12-15-4-3-11-26-15/h2,5,8,14-15,21H,3-4,6-7,9-12H2,1H3,(H,19,25)/t15-/m1/s1. The van der Waals surface area contributed by atoms with Gasteiger partial charge in [-0.05, 0) is 44.7 Å². The average molecular weight is 358 g/mol. The molecule has 1 atom stereocenters. The first-order valence-corrected chi connectivity index (χ1v) is 9.42. The summed E-state index contributed by atoms with van der Waals surface area (Å²) in [5.41, 5.74) is 1.84. The fourth-order valence-corrected chi connectivity index (χ4v) is 3.69. The first-order valence-electron chi connectivity index (χ1n) is 9.42. The van der Waals surface area contributed by atoms with Crippen LogP contribution in [-0.4, -0.2) is 63.9 Å². The maximum atomic E-state index is 12.3. The van der Waals surface area contributed by atoms with Gasteiger partial charge >= 0.3 is 6.03 Å². The Balaban J connectivity index is 1.28. The lowest BCUT2D eigenvalue weighted by molar-refractivity contribution is 0.108. The summed E-state index contributed by atoms with van der Waals surface area (Å²) in [6.45, 7) is 4.83. The van der Waals surface area contributed by atoms with Crippen LogP contribution < -0.4 is 10.6 Å². The smallest absolute Gasteiger partial charge is 0.317 e. The number of hydrogen-bond donors (Lipinski definition) is 2. The van der Waals surface area contributed by atoms with Crippen molar-refractivity contribution in [3.8, 4) is 0 Å². The van der Waals surface area contributed by atoms with E-state index in [1.807, 2.05) is 30.2 Å². The number of ether oxygens (including phenoxy) is 1. The van der Waals surface area contributed by atoms with Crippen molar-refractivity contribution >= 4 is 17.4 Å². The second-order valence-corrected chi connectivity index (χ2v) is 7.08. The molecule has 2 aromatic heterocycles. The normalized spacial score (nSPS) is 21.3. The molecule has 0 bridgehead atoms. The Kier molecular flexibility index (Phi) is 4.92. The van der Waals surface area contributed by atoms with Gasteiger partial charge < -0.3 is 20.3 Å². The minimum Gasteiger partial charge on any atom is -0.379 e. The second kappa shape index (κ2) is 7.49. The number of aromatic nitrogens is 3. The van der Waals surface area contributed by atoms with Crippen molar-refractivity contribution in [1.29, 1.82) is 0 Å². The SMILES string of the molecule is Cc1nc2c(NC3CCN(C(=O)NC[C@H]4CCCO4)CC3)cccn2n1. The van der Waals surface area contributed by atoms with Crippen LogP contribution >= 0.6 is 0 Å². The number of nitrogens with one attached hydrogen (secondary N) is 2. The number of urea groups is 1. The molecule has 0 spiro atoms. The van der Waals surface area contributed by atoms with Crippen LogP contribution in [0.1, 0.15) is 31.5 Å². The zero-order valence-corrected chi connectivity index (χ0v) is 15.1. The quantitative estimate of drug-likeness (QED) is 0.871. The van der Waals surface area contributed by atoms with Crippen LogP contribution in [0.5, 0.6) is 0 Å². The number of amides is 2. The Morgan fingerprint density at radius 2 is 2.19 bits per heavy atom. The molecule has 0 unspecified atom stereocenters. The predicted octanol–water partition coefficient (Wildman–Crippen LogP) is 1.80. The number of nitrogens with zero attached hydrogens (tertiary/aromatic N) is 4. The van der Waals surface area contributed by atoms with Gasteiger partial charge in [-0.25, -0.2) is 14.3 Å². The Morgan fingerprint density at radius 1 is 1.35 bits per heavy atom. The molecule has 4 heterocycles. The number of rotatable bonds is 4. The van der Waals surface area contributed by atoms with E-state index >= 15 is 0 Å². The summed E-state index contributed by atoms with van der Waals surface area (Å²) in [7, 11) is 0. The molecule has 8 nitrogen and oxygen atoms in total. The maximum absolute atomic E-state index is 12.3. The average Bonchev–Trinajstić information content (AvgIpc) is 3.29. The van der Waals surface area contributed by atoms with Crippen LogP contribution in [0, 0.1) is 6.92 Å². The van der Waals surface area contributed by atoms with Gasteiger partial charge in [0, 0.05) is 38.5 Å². The number of carbonyl (C=O) groups is 1. The van der Waals surface area contributed by atoms with Crippen molar-refractivity contribution < 1.29 is 9.53 Å². The number of carbonyl (C=O) groups excluding carboxylic acids is 1. The third-order valence-corrected chi connectivity index (χ3v) is 5.11. The Hall–Kier alpha value is -2.35. The Morgan fingerprint density at radius 3 is 2.96 bits per heavy atom. The molecule has 2 fully saturated rings. The first-order chi connectivity index (χ1) is 12.7. The molecule has 4 rings (SSSR count). The number of aryl methyl sites for hydroxylation is 1. The first kappa shape index (κ1) is 17.1. The van der Waals surface area contributed by atoms with E-state index in [2.05, 4.69) is 20.7 Å². The van der Waals surface area contributed by atoms with E-state index in [1.54, 1.807) is 4.52 Å². The van der Waals surface area contributed by atoms with Crippen LogP contribution in [-0.2, 0) is 4.74 Å². The summed E-state index contributed by atoms with van der Waals surface area (Å²) in [4.78, 5) is 18.7. The van der Waals surface area contributed by atoms with Crippen molar-refractivity contribution in [2.24, 2.45) is 0 Å². The topological polar surface area (TPSA) is 83.8 Å². The van der Waals surface area contributed by atoms with E-state index in [0.29, 0.717) is 12.6 Å². The van der Waals surface area contributed by atoms with Gasteiger partial charge in [0.25, 0.3) is 0 Å². The van der Waals surface area contributed by atoms with Gasteiger partial charge in [-0.2, -0.15) is 5.10 Å². The lowest BCUT2D eigenvalue weighted by atomic mass is 10.1. The van der Waals surface area contributed by atoms with Gasteiger partial charge in [0.2, 0.25) is 0 Å². The van der Waals surface area contributed by atoms with Crippen LogP contribution in [0.15, 0.2) is 18.3 Å². The molecular weight excluding hydrogens is 332 g/mol. The third kappa shape index (κ3) is 3.75. The molecule has 2 aliphatic heterocycles. The van der Waals surface area contributed by atoms with Crippen LogP contribution in [0.3, 0.4) is 0 Å². The number of hydrogen-bond acceptors (Lipinski definition) is 5. The molecule has 2 aliphatic rings. The number of fused-ring (bicyclic) bond motifs is 1. The summed E-state index contributed by atoms with van der Waals surface area (Å²) in [6, 6.07) is 4.36. The van der Waals surface area contributed by atoms with Crippen molar-refractivity contribution in [3.63, 3.8) is 0 Å². The summed E-state index contributed by atoms with van der Waals surface area (Å²) < 4.78 is 7.35. The fourth-order valence-electron chi connectivity index (χ4n) is 3.69. The van der Waals surface area contributed by atoms with E-state index in [4.69, 9.17) is 4.74 Å². The number of pyridine rings is 1. The molecule has 2 aromatic rings. The van der Waals surface area contributed by atoms with Gasteiger partial charge in [-0.15, -0.1) is 0 Å². The molecule has 0 aliphatic carbocycles. The van der Waals surface area contributed by atoms with E-state index in [0.717, 1.165) is 62.5 Å². The number of anilines is 1. The molecule has 8 heteroatoms. The maximum Gasteiger partial charge on any atom is 0.317 e. The van der Waals surface area contributed by atoms with E-state index in [9.17, 15) is 4.79 Å². The van der Waals surface area contributed by atoms with Crippen molar-refractivity contribution in [2.75, 3.05) is 31.6 Å². The van der Waals surface area contributed by atoms with E-state index in [1.165, 1.54) is 0 Å². The van der Waals surface area contributed by atoms with E-state index < -0.39 is 0 Å². The largest absolute Gasteiger partial charge is 0.379 e. The molecule has 0 radical (unpaired) electrons.